The Morgan fingerprint density at radius 2 is 1.64 bits per heavy atom. The molecule has 2 heterocycles. The first-order chi connectivity index (χ1) is 19.0. The molecule has 0 aliphatic carbocycles. The lowest BCUT2D eigenvalue weighted by Gasteiger charge is -2.44. The van der Waals surface area contributed by atoms with Gasteiger partial charge in [0, 0.05) is 37.0 Å². The number of anilines is 2. The van der Waals surface area contributed by atoms with Crippen LogP contribution in [0.3, 0.4) is 0 Å². The number of ether oxygens (including phenoxy) is 2. The summed E-state index contributed by atoms with van der Waals surface area (Å²) in [6, 6.07) is 24.6. The van der Waals surface area contributed by atoms with E-state index in [0.717, 1.165) is 55.5 Å². The van der Waals surface area contributed by atoms with Gasteiger partial charge in [0.15, 0.2) is 11.5 Å². The largest absolute Gasteiger partial charge is 0.493 e. The maximum atomic E-state index is 9.52. The molecule has 5 rings (SSSR count). The van der Waals surface area contributed by atoms with Gasteiger partial charge in [-0.15, -0.1) is 0 Å². The van der Waals surface area contributed by atoms with E-state index in [1.807, 2.05) is 37.4 Å². The molecule has 1 aliphatic heterocycles. The average molecular weight is 523 g/mol. The average Bonchev–Trinajstić information content (AvgIpc) is 2.98. The zero-order valence-electron chi connectivity index (χ0n) is 22.7. The number of likely N-dealkylation sites (N-methyl/N-ethyl adjacent to an activating group) is 1. The highest BCUT2D eigenvalue weighted by Gasteiger charge is 2.38. The second-order valence-corrected chi connectivity index (χ2v) is 10.2. The lowest BCUT2D eigenvalue weighted by Crippen LogP contribution is -2.48. The normalized spacial score (nSPS) is 15.0. The van der Waals surface area contributed by atoms with Crippen molar-refractivity contribution in [3.8, 4) is 17.6 Å². The van der Waals surface area contributed by atoms with E-state index in [1.54, 1.807) is 14.2 Å². The van der Waals surface area contributed by atoms with Crippen LogP contribution in [0.5, 0.6) is 11.5 Å². The van der Waals surface area contributed by atoms with E-state index in [0.29, 0.717) is 28.8 Å². The molecule has 0 bridgehead atoms. The first-order valence-electron chi connectivity index (χ1n) is 13.1. The number of rotatable bonds is 8. The Labute approximate surface area is 229 Å². The van der Waals surface area contributed by atoms with Crippen molar-refractivity contribution in [2.45, 2.75) is 24.8 Å². The number of fused-ring (bicyclic) bond motifs is 1. The van der Waals surface area contributed by atoms with Crippen LogP contribution in [0.25, 0.3) is 10.9 Å². The number of nitrogen functional groups attached to an aromatic ring is 1. The summed E-state index contributed by atoms with van der Waals surface area (Å²) in [5, 5.41) is 10.3. The van der Waals surface area contributed by atoms with Gasteiger partial charge in [-0.25, -0.2) is 4.98 Å². The van der Waals surface area contributed by atoms with Gasteiger partial charge in [0.1, 0.15) is 5.82 Å². The minimum atomic E-state index is -0.0774. The van der Waals surface area contributed by atoms with Crippen molar-refractivity contribution in [2.24, 2.45) is 0 Å². The fraction of sp³-hybridized carbons (Fsp3) is 0.323. The van der Waals surface area contributed by atoms with Crippen molar-refractivity contribution < 1.29 is 9.47 Å². The van der Waals surface area contributed by atoms with Gasteiger partial charge in [0.25, 0.3) is 0 Å². The Kier molecular flexibility index (Phi) is 7.53. The molecule has 3 aromatic carbocycles. The summed E-state index contributed by atoms with van der Waals surface area (Å²) in [6.07, 6.45) is 1.95. The standard InChI is InChI=1S/C31H34N6O2/c1-36(30-34-26-18-28(39-3)27(38-2)17-25(26)29(33)35-30)21-31(24-11-5-4-6-12-24)13-15-37(16-14-31)20-23-10-8-7-9-22(23)19-32/h4-12,17-18H,13-16,20-21H2,1-3H3,(H2,33,34,35). The monoisotopic (exact) mass is 522 g/mol. The first kappa shape index (κ1) is 26.3. The summed E-state index contributed by atoms with van der Waals surface area (Å²) in [4.78, 5) is 14.1. The molecule has 0 atom stereocenters. The van der Waals surface area contributed by atoms with Gasteiger partial charge in [-0.2, -0.15) is 10.2 Å². The predicted molar refractivity (Wildman–Crippen MR) is 154 cm³/mol. The topological polar surface area (TPSA) is 101 Å². The number of piperidine rings is 1. The number of nitriles is 1. The minimum Gasteiger partial charge on any atom is -0.493 e. The SMILES string of the molecule is COc1cc2nc(N(C)CC3(c4ccccc4)CCN(Cc4ccccc4C#N)CC3)nc(N)c2cc1OC. The van der Waals surface area contributed by atoms with Gasteiger partial charge in [-0.3, -0.25) is 4.90 Å². The van der Waals surface area contributed by atoms with Gasteiger partial charge in [0.2, 0.25) is 5.95 Å². The molecule has 1 aromatic heterocycles. The van der Waals surface area contributed by atoms with E-state index < -0.39 is 0 Å². The van der Waals surface area contributed by atoms with Crippen LogP contribution < -0.4 is 20.1 Å². The second-order valence-electron chi connectivity index (χ2n) is 10.2. The maximum absolute atomic E-state index is 9.52. The zero-order chi connectivity index (χ0) is 27.4. The van der Waals surface area contributed by atoms with Crippen LogP contribution in [-0.4, -0.2) is 55.8 Å². The Morgan fingerprint density at radius 1 is 0.974 bits per heavy atom. The van der Waals surface area contributed by atoms with Crippen molar-refractivity contribution >= 4 is 22.7 Å². The Morgan fingerprint density at radius 3 is 2.33 bits per heavy atom. The van der Waals surface area contributed by atoms with Gasteiger partial charge >= 0.3 is 0 Å². The molecule has 8 heteroatoms. The molecule has 0 radical (unpaired) electrons. The third-order valence-corrected chi connectivity index (χ3v) is 7.83. The van der Waals surface area contributed by atoms with Crippen LogP contribution >= 0.6 is 0 Å². The molecule has 0 spiro atoms. The zero-order valence-corrected chi connectivity index (χ0v) is 22.7. The number of nitrogens with zero attached hydrogens (tertiary/aromatic N) is 5. The van der Waals surface area contributed by atoms with Crippen molar-refractivity contribution in [3.05, 3.63) is 83.4 Å². The van der Waals surface area contributed by atoms with Crippen LogP contribution in [0, 0.1) is 11.3 Å². The molecular weight excluding hydrogens is 488 g/mol. The first-order valence-corrected chi connectivity index (χ1v) is 13.1. The number of hydrogen-bond acceptors (Lipinski definition) is 8. The fourth-order valence-electron chi connectivity index (χ4n) is 5.64. The highest BCUT2D eigenvalue weighted by atomic mass is 16.5. The number of methoxy groups -OCH3 is 2. The van der Waals surface area contributed by atoms with Crippen LogP contribution in [-0.2, 0) is 12.0 Å². The number of hydrogen-bond donors (Lipinski definition) is 1. The molecule has 39 heavy (non-hydrogen) atoms. The molecule has 200 valence electrons. The third-order valence-electron chi connectivity index (χ3n) is 7.83. The Balaban J connectivity index is 1.41. The molecule has 1 fully saturated rings. The molecule has 4 aromatic rings. The maximum Gasteiger partial charge on any atom is 0.227 e. The van der Waals surface area contributed by atoms with E-state index >= 15 is 0 Å². The lowest BCUT2D eigenvalue weighted by atomic mass is 9.72. The molecule has 0 saturated carbocycles. The van der Waals surface area contributed by atoms with E-state index in [-0.39, 0.29) is 5.41 Å². The summed E-state index contributed by atoms with van der Waals surface area (Å²) >= 11 is 0. The summed E-state index contributed by atoms with van der Waals surface area (Å²) in [7, 11) is 5.23. The van der Waals surface area contributed by atoms with E-state index in [4.69, 9.17) is 20.2 Å². The predicted octanol–water partition coefficient (Wildman–Crippen LogP) is 4.77. The molecule has 0 unspecified atom stereocenters. The number of benzene rings is 3. The number of likely N-dealkylation sites (tertiary alicyclic amines) is 1. The molecule has 0 amide bonds. The highest BCUT2D eigenvalue weighted by molar-refractivity contribution is 5.91. The van der Waals surface area contributed by atoms with Crippen LogP contribution in [0.15, 0.2) is 66.7 Å². The quantitative estimate of drug-likeness (QED) is 0.353. The van der Waals surface area contributed by atoms with Gasteiger partial charge in [-0.05, 0) is 49.2 Å². The molecular formula is C31H34N6O2. The summed E-state index contributed by atoms with van der Waals surface area (Å²) in [5.74, 6) is 2.17. The van der Waals surface area contributed by atoms with E-state index in [2.05, 4.69) is 57.3 Å². The van der Waals surface area contributed by atoms with Crippen molar-refractivity contribution in [1.82, 2.24) is 14.9 Å². The molecule has 1 saturated heterocycles. The van der Waals surface area contributed by atoms with Crippen LogP contribution in [0.1, 0.15) is 29.5 Å². The van der Waals surface area contributed by atoms with E-state index in [1.165, 1.54) is 5.56 Å². The molecule has 1 aliphatic rings. The van der Waals surface area contributed by atoms with Crippen molar-refractivity contribution in [1.29, 1.82) is 5.26 Å². The molecule has 2 N–H and O–H groups in total. The smallest absolute Gasteiger partial charge is 0.227 e. The summed E-state index contributed by atoms with van der Waals surface area (Å²) in [6.45, 7) is 3.39. The van der Waals surface area contributed by atoms with E-state index in [9.17, 15) is 5.26 Å². The van der Waals surface area contributed by atoms with Gasteiger partial charge < -0.3 is 20.1 Å². The number of nitrogens with two attached hydrogens (primary N) is 1. The Bertz CT molecular complexity index is 1490. The third kappa shape index (κ3) is 5.31. The lowest BCUT2D eigenvalue weighted by molar-refractivity contribution is 0.155. The van der Waals surface area contributed by atoms with Gasteiger partial charge in [0.05, 0.1) is 31.4 Å². The molecule has 8 nitrogen and oxygen atoms in total. The highest BCUT2D eigenvalue weighted by Crippen LogP contribution is 2.38. The fourth-order valence-corrected chi connectivity index (χ4v) is 5.64. The van der Waals surface area contributed by atoms with Crippen molar-refractivity contribution in [2.75, 3.05) is 51.5 Å². The number of aromatic nitrogens is 2. The minimum absolute atomic E-state index is 0.0774. The van der Waals surface area contributed by atoms with Crippen molar-refractivity contribution in [3.63, 3.8) is 0 Å². The second kappa shape index (κ2) is 11.2. The summed E-state index contributed by atoms with van der Waals surface area (Å²) < 4.78 is 10.9. The summed E-state index contributed by atoms with van der Waals surface area (Å²) in [5.41, 5.74) is 10.2. The van der Waals surface area contributed by atoms with Gasteiger partial charge in [-0.1, -0.05) is 48.5 Å². The van der Waals surface area contributed by atoms with Crippen LogP contribution in [0.4, 0.5) is 11.8 Å². The van der Waals surface area contributed by atoms with Crippen LogP contribution in [0.2, 0.25) is 0 Å². The Hall–Kier alpha value is -4.35.